The third-order valence-electron chi connectivity index (χ3n) is 3.68. The van der Waals surface area contributed by atoms with Crippen molar-refractivity contribution in [2.75, 3.05) is 0 Å². The van der Waals surface area contributed by atoms with Crippen LogP contribution in [-0.2, 0) is 0 Å². The molecule has 2 aromatic heterocycles. The summed E-state index contributed by atoms with van der Waals surface area (Å²) < 4.78 is 6.12. The zero-order valence-corrected chi connectivity index (χ0v) is 12.7. The molecular formula is C14H17ClN2OS. The summed E-state index contributed by atoms with van der Waals surface area (Å²) in [5, 5.41) is 3.23. The molecule has 1 aliphatic carbocycles. The minimum Gasteiger partial charge on any atom is -0.474 e. The summed E-state index contributed by atoms with van der Waals surface area (Å²) in [7, 11) is 0. The molecule has 0 saturated heterocycles. The van der Waals surface area contributed by atoms with Crippen LogP contribution in [0.4, 0.5) is 0 Å². The van der Waals surface area contributed by atoms with Crippen LogP contribution in [0.3, 0.4) is 0 Å². The largest absolute Gasteiger partial charge is 0.474 e. The van der Waals surface area contributed by atoms with Gasteiger partial charge in [-0.05, 0) is 54.1 Å². The molecule has 1 saturated carbocycles. The van der Waals surface area contributed by atoms with E-state index in [2.05, 4.69) is 23.8 Å². The van der Waals surface area contributed by atoms with Crippen molar-refractivity contribution in [2.24, 2.45) is 11.8 Å². The Morgan fingerprint density at radius 2 is 1.95 bits per heavy atom. The Morgan fingerprint density at radius 1 is 1.21 bits per heavy atom. The van der Waals surface area contributed by atoms with Crippen molar-refractivity contribution >= 4 is 33.2 Å². The number of fused-ring (bicyclic) bond motifs is 1. The average molecular weight is 297 g/mol. The van der Waals surface area contributed by atoms with Gasteiger partial charge in [0.05, 0.1) is 5.39 Å². The first-order valence-electron chi connectivity index (χ1n) is 6.69. The van der Waals surface area contributed by atoms with Crippen molar-refractivity contribution in [3.63, 3.8) is 0 Å². The quantitative estimate of drug-likeness (QED) is 0.763. The first kappa shape index (κ1) is 13.1. The van der Waals surface area contributed by atoms with Gasteiger partial charge in [0.15, 0.2) is 0 Å². The highest BCUT2D eigenvalue weighted by molar-refractivity contribution is 7.16. The molecular weight excluding hydrogens is 280 g/mol. The number of hydrogen-bond acceptors (Lipinski definition) is 4. The first-order valence-corrected chi connectivity index (χ1v) is 7.95. The molecule has 0 N–H and O–H groups in total. The highest BCUT2D eigenvalue weighted by Gasteiger charge is 2.26. The van der Waals surface area contributed by atoms with E-state index >= 15 is 0 Å². The van der Waals surface area contributed by atoms with E-state index in [1.165, 1.54) is 6.42 Å². The second-order valence-corrected chi connectivity index (χ2v) is 6.83. The van der Waals surface area contributed by atoms with Gasteiger partial charge in [0, 0.05) is 0 Å². The van der Waals surface area contributed by atoms with E-state index in [-0.39, 0.29) is 11.4 Å². The van der Waals surface area contributed by atoms with Crippen molar-refractivity contribution in [2.45, 2.75) is 39.2 Å². The summed E-state index contributed by atoms with van der Waals surface area (Å²) in [6.07, 6.45) is 3.72. The predicted molar refractivity (Wildman–Crippen MR) is 79.0 cm³/mol. The van der Waals surface area contributed by atoms with Gasteiger partial charge in [-0.25, -0.2) is 4.98 Å². The third-order valence-corrected chi connectivity index (χ3v) is 4.65. The van der Waals surface area contributed by atoms with Crippen LogP contribution in [0.2, 0.25) is 5.28 Å². The molecule has 2 heterocycles. The number of halogens is 1. The van der Waals surface area contributed by atoms with E-state index in [0.29, 0.717) is 17.7 Å². The fourth-order valence-corrected chi connectivity index (χ4v) is 3.99. The minimum atomic E-state index is 0.243. The van der Waals surface area contributed by atoms with Gasteiger partial charge in [-0.1, -0.05) is 13.8 Å². The summed E-state index contributed by atoms with van der Waals surface area (Å²) in [6.45, 7) is 4.58. The Balaban J connectivity index is 1.86. The molecule has 19 heavy (non-hydrogen) atoms. The number of aromatic nitrogens is 2. The molecule has 0 bridgehead atoms. The van der Waals surface area contributed by atoms with Crippen LogP contribution >= 0.6 is 22.9 Å². The van der Waals surface area contributed by atoms with E-state index < -0.39 is 0 Å². The van der Waals surface area contributed by atoms with Gasteiger partial charge in [-0.15, -0.1) is 11.3 Å². The molecule has 0 aliphatic heterocycles. The number of ether oxygens (including phenoxy) is 1. The van der Waals surface area contributed by atoms with Gasteiger partial charge in [0.1, 0.15) is 10.9 Å². The fraction of sp³-hybridized carbons (Fsp3) is 0.571. The summed E-state index contributed by atoms with van der Waals surface area (Å²) in [5.74, 6) is 2.07. The Kier molecular flexibility index (Phi) is 3.63. The smallest absolute Gasteiger partial charge is 0.227 e. The average Bonchev–Trinajstić information content (AvgIpc) is 2.75. The molecule has 1 aliphatic rings. The first-order chi connectivity index (χ1) is 9.11. The standard InChI is InChI=1S/C14H17ClN2OS/c1-8-5-9(2)7-10(6-8)18-12-11-3-4-19-13(11)17-14(15)16-12/h3-4,8-10H,5-7H2,1-2H3. The zero-order chi connectivity index (χ0) is 13.4. The van der Waals surface area contributed by atoms with Crippen molar-refractivity contribution in [1.82, 2.24) is 9.97 Å². The summed E-state index contributed by atoms with van der Waals surface area (Å²) in [4.78, 5) is 9.36. The lowest BCUT2D eigenvalue weighted by Gasteiger charge is -2.31. The molecule has 0 amide bonds. The van der Waals surface area contributed by atoms with Crippen LogP contribution < -0.4 is 4.74 Å². The number of hydrogen-bond donors (Lipinski definition) is 0. The molecule has 102 valence electrons. The second-order valence-electron chi connectivity index (χ2n) is 5.59. The monoisotopic (exact) mass is 296 g/mol. The summed E-state index contributed by atoms with van der Waals surface area (Å²) in [5.41, 5.74) is 0. The lowest BCUT2D eigenvalue weighted by atomic mass is 9.82. The van der Waals surface area contributed by atoms with Crippen LogP contribution in [0, 0.1) is 11.8 Å². The van der Waals surface area contributed by atoms with Gasteiger partial charge in [-0.2, -0.15) is 4.98 Å². The third kappa shape index (κ3) is 2.84. The molecule has 0 spiro atoms. The zero-order valence-electron chi connectivity index (χ0n) is 11.1. The van der Waals surface area contributed by atoms with E-state index in [4.69, 9.17) is 16.3 Å². The van der Waals surface area contributed by atoms with Gasteiger partial charge < -0.3 is 4.74 Å². The molecule has 2 unspecified atom stereocenters. The van der Waals surface area contributed by atoms with Gasteiger partial charge >= 0.3 is 0 Å². The van der Waals surface area contributed by atoms with E-state index in [1.807, 2.05) is 11.4 Å². The van der Waals surface area contributed by atoms with Crippen LogP contribution in [-0.4, -0.2) is 16.1 Å². The molecule has 0 radical (unpaired) electrons. The maximum absolute atomic E-state index is 6.12. The lowest BCUT2D eigenvalue weighted by molar-refractivity contribution is 0.0982. The maximum Gasteiger partial charge on any atom is 0.227 e. The SMILES string of the molecule is CC1CC(C)CC(Oc2nc(Cl)nc3sccc23)C1. The second kappa shape index (κ2) is 5.25. The van der Waals surface area contributed by atoms with Crippen molar-refractivity contribution in [3.05, 3.63) is 16.7 Å². The molecule has 2 atom stereocenters. The molecule has 3 nitrogen and oxygen atoms in total. The van der Waals surface area contributed by atoms with Crippen molar-refractivity contribution in [1.29, 1.82) is 0 Å². The fourth-order valence-electron chi connectivity index (χ4n) is 3.02. The highest BCUT2D eigenvalue weighted by Crippen LogP contribution is 2.34. The minimum absolute atomic E-state index is 0.243. The maximum atomic E-state index is 6.12. The van der Waals surface area contributed by atoms with Crippen molar-refractivity contribution in [3.8, 4) is 5.88 Å². The Hall–Kier alpha value is -0.870. The topological polar surface area (TPSA) is 35.0 Å². The lowest BCUT2D eigenvalue weighted by Crippen LogP contribution is -2.28. The number of rotatable bonds is 2. The summed E-state index contributed by atoms with van der Waals surface area (Å²) in [6, 6.07) is 2.00. The van der Waals surface area contributed by atoms with E-state index in [0.717, 1.165) is 23.1 Å². The Labute approximate surface area is 122 Å². The summed E-state index contributed by atoms with van der Waals surface area (Å²) >= 11 is 7.52. The van der Waals surface area contributed by atoms with E-state index in [1.54, 1.807) is 11.3 Å². The van der Waals surface area contributed by atoms with Gasteiger partial charge in [0.25, 0.3) is 0 Å². The van der Waals surface area contributed by atoms with Crippen LogP contribution in [0.25, 0.3) is 10.2 Å². The number of thiophene rings is 1. The van der Waals surface area contributed by atoms with Gasteiger partial charge in [-0.3, -0.25) is 0 Å². The van der Waals surface area contributed by atoms with Crippen molar-refractivity contribution < 1.29 is 4.74 Å². The molecule has 1 fully saturated rings. The van der Waals surface area contributed by atoms with Crippen LogP contribution in [0.1, 0.15) is 33.1 Å². The molecule has 3 rings (SSSR count). The molecule has 2 aromatic rings. The molecule has 5 heteroatoms. The van der Waals surface area contributed by atoms with Crippen LogP contribution in [0.15, 0.2) is 11.4 Å². The van der Waals surface area contributed by atoms with E-state index in [9.17, 15) is 0 Å². The highest BCUT2D eigenvalue weighted by atomic mass is 35.5. The Bertz CT molecular complexity index is 576. The Morgan fingerprint density at radius 3 is 2.68 bits per heavy atom. The normalized spacial score (nSPS) is 27.6. The molecule has 0 aromatic carbocycles. The predicted octanol–water partition coefficient (Wildman–Crippen LogP) is 4.55. The van der Waals surface area contributed by atoms with Gasteiger partial charge in [0.2, 0.25) is 11.2 Å². The number of nitrogens with zero attached hydrogens (tertiary/aromatic N) is 2. The van der Waals surface area contributed by atoms with Crippen LogP contribution in [0.5, 0.6) is 5.88 Å².